The zero-order valence-corrected chi connectivity index (χ0v) is 8.68. The largest absolute Gasteiger partial charge is 0.330 e. The molecule has 1 unspecified atom stereocenters. The van der Waals surface area contributed by atoms with Crippen LogP contribution in [0.4, 0.5) is 4.39 Å². The fraction of sp³-hybridized carbons (Fsp3) is 0.500. The van der Waals surface area contributed by atoms with Crippen LogP contribution in [0.15, 0.2) is 24.3 Å². The van der Waals surface area contributed by atoms with E-state index in [-0.39, 0.29) is 16.6 Å². The fourth-order valence-corrected chi connectivity index (χ4v) is 2.46. The van der Waals surface area contributed by atoms with E-state index in [4.69, 9.17) is 5.73 Å². The summed E-state index contributed by atoms with van der Waals surface area (Å²) in [5.41, 5.74) is 7.08. The van der Waals surface area contributed by atoms with Gasteiger partial charge in [-0.3, -0.25) is 0 Å². The molecule has 1 aromatic rings. The van der Waals surface area contributed by atoms with Crippen LogP contribution in [0.1, 0.15) is 25.8 Å². The molecule has 1 aliphatic carbocycles. The molecule has 1 aliphatic rings. The summed E-state index contributed by atoms with van der Waals surface area (Å²) in [7, 11) is 0. The maximum Gasteiger partial charge on any atom is 0.123 e. The van der Waals surface area contributed by atoms with Gasteiger partial charge in [-0.05, 0) is 29.5 Å². The molecule has 0 radical (unpaired) electrons. The lowest BCUT2D eigenvalue weighted by atomic mass is 9.88. The Morgan fingerprint density at radius 2 is 2.07 bits per heavy atom. The Balaban J connectivity index is 2.40. The van der Waals surface area contributed by atoms with Crippen molar-refractivity contribution in [1.29, 1.82) is 0 Å². The van der Waals surface area contributed by atoms with E-state index in [1.54, 1.807) is 12.1 Å². The smallest absolute Gasteiger partial charge is 0.123 e. The van der Waals surface area contributed by atoms with Crippen molar-refractivity contribution in [1.82, 2.24) is 0 Å². The molecule has 2 rings (SSSR count). The molecule has 0 saturated heterocycles. The third-order valence-corrected chi connectivity index (χ3v) is 3.64. The van der Waals surface area contributed by atoms with E-state index in [0.717, 1.165) is 12.0 Å². The first-order valence-electron chi connectivity index (χ1n) is 4.98. The number of hydrogen-bond acceptors (Lipinski definition) is 1. The first-order chi connectivity index (χ1) is 6.52. The van der Waals surface area contributed by atoms with Gasteiger partial charge in [-0.1, -0.05) is 26.0 Å². The van der Waals surface area contributed by atoms with E-state index in [1.165, 1.54) is 6.07 Å². The SMILES string of the molecule is CC1(C)CC1(CN)c1cccc(F)c1. The van der Waals surface area contributed by atoms with Crippen LogP contribution >= 0.6 is 0 Å². The molecule has 1 saturated carbocycles. The summed E-state index contributed by atoms with van der Waals surface area (Å²) in [5, 5.41) is 0. The molecule has 1 fully saturated rings. The Kier molecular flexibility index (Phi) is 1.93. The Bertz CT molecular complexity index is 359. The van der Waals surface area contributed by atoms with E-state index < -0.39 is 0 Å². The lowest BCUT2D eigenvalue weighted by Crippen LogP contribution is -2.25. The summed E-state index contributed by atoms with van der Waals surface area (Å²) < 4.78 is 13.1. The molecule has 0 bridgehead atoms. The van der Waals surface area contributed by atoms with Gasteiger partial charge >= 0.3 is 0 Å². The molecular weight excluding hydrogens is 177 g/mol. The second-order valence-electron chi connectivity index (χ2n) is 4.86. The van der Waals surface area contributed by atoms with Gasteiger partial charge in [0.25, 0.3) is 0 Å². The van der Waals surface area contributed by atoms with Gasteiger partial charge in [0.2, 0.25) is 0 Å². The van der Waals surface area contributed by atoms with Gasteiger partial charge < -0.3 is 5.73 Å². The van der Waals surface area contributed by atoms with Crippen molar-refractivity contribution in [2.24, 2.45) is 11.1 Å². The molecule has 76 valence electrons. The van der Waals surface area contributed by atoms with Crippen LogP contribution in [0.2, 0.25) is 0 Å². The molecule has 2 heteroatoms. The van der Waals surface area contributed by atoms with Crippen molar-refractivity contribution in [2.75, 3.05) is 6.54 Å². The Labute approximate surface area is 84.1 Å². The van der Waals surface area contributed by atoms with Crippen LogP contribution in [-0.2, 0) is 5.41 Å². The van der Waals surface area contributed by atoms with Crippen LogP contribution in [0, 0.1) is 11.2 Å². The van der Waals surface area contributed by atoms with E-state index >= 15 is 0 Å². The van der Waals surface area contributed by atoms with Gasteiger partial charge in [-0.25, -0.2) is 4.39 Å². The third kappa shape index (κ3) is 1.17. The predicted molar refractivity (Wildman–Crippen MR) is 55.5 cm³/mol. The highest BCUT2D eigenvalue weighted by Gasteiger charge is 2.60. The molecule has 2 N–H and O–H groups in total. The number of nitrogens with two attached hydrogens (primary N) is 1. The Hall–Kier alpha value is -0.890. The molecule has 0 amide bonds. The number of rotatable bonds is 2. The molecule has 14 heavy (non-hydrogen) atoms. The number of benzene rings is 1. The minimum Gasteiger partial charge on any atom is -0.330 e. The zero-order valence-electron chi connectivity index (χ0n) is 8.68. The topological polar surface area (TPSA) is 26.0 Å². The minimum atomic E-state index is -0.168. The van der Waals surface area contributed by atoms with Gasteiger partial charge in [-0.2, -0.15) is 0 Å². The number of hydrogen-bond donors (Lipinski definition) is 1. The highest BCUT2D eigenvalue weighted by molar-refractivity contribution is 5.37. The molecule has 1 atom stereocenters. The maximum absolute atomic E-state index is 13.1. The molecule has 1 aromatic carbocycles. The van der Waals surface area contributed by atoms with Crippen LogP contribution in [-0.4, -0.2) is 6.54 Å². The van der Waals surface area contributed by atoms with Crippen LogP contribution in [0.3, 0.4) is 0 Å². The van der Waals surface area contributed by atoms with Crippen LogP contribution in [0.25, 0.3) is 0 Å². The van der Waals surface area contributed by atoms with Crippen molar-refractivity contribution in [3.05, 3.63) is 35.6 Å². The average molecular weight is 193 g/mol. The minimum absolute atomic E-state index is 0.00903. The van der Waals surface area contributed by atoms with Crippen molar-refractivity contribution >= 4 is 0 Å². The van der Waals surface area contributed by atoms with Gasteiger partial charge in [0.1, 0.15) is 5.82 Å². The summed E-state index contributed by atoms with van der Waals surface area (Å²) in [6.07, 6.45) is 1.06. The Morgan fingerprint density at radius 1 is 1.43 bits per heavy atom. The lowest BCUT2D eigenvalue weighted by molar-refractivity contribution is 0.499. The first kappa shape index (κ1) is 9.66. The van der Waals surface area contributed by atoms with E-state index in [0.29, 0.717) is 6.54 Å². The van der Waals surface area contributed by atoms with Crippen LogP contribution in [0.5, 0.6) is 0 Å². The highest BCUT2D eigenvalue weighted by atomic mass is 19.1. The average Bonchev–Trinajstić information content (AvgIpc) is 2.70. The van der Waals surface area contributed by atoms with E-state index in [2.05, 4.69) is 13.8 Å². The van der Waals surface area contributed by atoms with Gasteiger partial charge in [-0.15, -0.1) is 0 Å². The van der Waals surface area contributed by atoms with Crippen LogP contribution < -0.4 is 5.73 Å². The second-order valence-corrected chi connectivity index (χ2v) is 4.86. The van der Waals surface area contributed by atoms with E-state index in [1.807, 2.05) is 6.07 Å². The molecule has 1 nitrogen and oxygen atoms in total. The molecular formula is C12H16FN. The maximum atomic E-state index is 13.1. The molecule has 0 aromatic heterocycles. The fourth-order valence-electron chi connectivity index (χ4n) is 2.46. The first-order valence-corrected chi connectivity index (χ1v) is 4.98. The monoisotopic (exact) mass is 193 g/mol. The summed E-state index contributed by atoms with van der Waals surface area (Å²) >= 11 is 0. The molecule has 0 aliphatic heterocycles. The van der Waals surface area contributed by atoms with E-state index in [9.17, 15) is 4.39 Å². The summed E-state index contributed by atoms with van der Waals surface area (Å²) in [5.74, 6) is -0.168. The quantitative estimate of drug-likeness (QED) is 0.767. The van der Waals surface area contributed by atoms with Crippen molar-refractivity contribution in [3.8, 4) is 0 Å². The molecule has 0 heterocycles. The predicted octanol–water partition coefficient (Wildman–Crippen LogP) is 2.45. The van der Waals surface area contributed by atoms with Gasteiger partial charge in [0.15, 0.2) is 0 Å². The van der Waals surface area contributed by atoms with Gasteiger partial charge in [0, 0.05) is 12.0 Å². The summed E-state index contributed by atoms with van der Waals surface area (Å²) in [6, 6.07) is 6.83. The lowest BCUT2D eigenvalue weighted by Gasteiger charge is -2.18. The Morgan fingerprint density at radius 3 is 2.50 bits per heavy atom. The standard InChI is InChI=1S/C12H16FN/c1-11(2)7-12(11,8-14)9-4-3-5-10(13)6-9/h3-6H,7-8,14H2,1-2H3. The highest BCUT2D eigenvalue weighted by Crippen LogP contribution is 2.63. The van der Waals surface area contributed by atoms with Gasteiger partial charge in [0.05, 0.1) is 0 Å². The van der Waals surface area contributed by atoms with Crippen molar-refractivity contribution in [3.63, 3.8) is 0 Å². The molecule has 0 spiro atoms. The number of halogens is 1. The summed E-state index contributed by atoms with van der Waals surface area (Å²) in [4.78, 5) is 0. The second kappa shape index (κ2) is 2.80. The van der Waals surface area contributed by atoms with Crippen molar-refractivity contribution < 1.29 is 4.39 Å². The third-order valence-electron chi connectivity index (χ3n) is 3.64. The normalized spacial score (nSPS) is 28.9. The summed E-state index contributed by atoms with van der Waals surface area (Å²) in [6.45, 7) is 4.97. The zero-order chi connectivity index (χ0) is 10.4. The van der Waals surface area contributed by atoms with Crippen molar-refractivity contribution in [2.45, 2.75) is 25.7 Å².